The van der Waals surface area contributed by atoms with Crippen molar-refractivity contribution in [3.8, 4) is 0 Å². The lowest BCUT2D eigenvalue weighted by atomic mass is 10.2. The van der Waals surface area contributed by atoms with E-state index in [1.807, 2.05) is 42.5 Å². The van der Waals surface area contributed by atoms with Crippen molar-refractivity contribution in [2.24, 2.45) is 0 Å². The molecule has 2 N–H and O–H groups in total. The summed E-state index contributed by atoms with van der Waals surface area (Å²) < 4.78 is 0.961. The zero-order valence-electron chi connectivity index (χ0n) is 12.7. The van der Waals surface area contributed by atoms with E-state index in [-0.39, 0.29) is 5.91 Å². The highest BCUT2D eigenvalue weighted by atomic mass is 79.9. The highest BCUT2D eigenvalue weighted by molar-refractivity contribution is 9.10. The van der Waals surface area contributed by atoms with Gasteiger partial charge in [-0.15, -0.1) is 0 Å². The maximum atomic E-state index is 12.3. The molecule has 2 heterocycles. The summed E-state index contributed by atoms with van der Waals surface area (Å²) in [6.45, 7) is 0.570. The Morgan fingerprint density at radius 2 is 1.88 bits per heavy atom. The van der Waals surface area contributed by atoms with Crippen LogP contribution in [0.2, 0.25) is 0 Å². The van der Waals surface area contributed by atoms with E-state index < -0.39 is 0 Å². The molecule has 0 aliphatic heterocycles. The quantitative estimate of drug-likeness (QED) is 0.696. The summed E-state index contributed by atoms with van der Waals surface area (Å²) in [7, 11) is 0. The molecule has 0 saturated heterocycles. The Kier molecular flexibility index (Phi) is 5.18. The molecule has 2 aromatic heterocycles. The summed E-state index contributed by atoms with van der Waals surface area (Å²) in [6, 6.07) is 14.9. The van der Waals surface area contributed by atoms with Crippen LogP contribution in [0.25, 0.3) is 0 Å². The molecule has 0 saturated carbocycles. The molecule has 3 aromatic rings. The van der Waals surface area contributed by atoms with Crippen molar-refractivity contribution in [1.82, 2.24) is 9.97 Å². The molecule has 0 spiro atoms. The van der Waals surface area contributed by atoms with Gasteiger partial charge in [-0.1, -0.05) is 22.0 Å². The number of halogens is 1. The maximum absolute atomic E-state index is 12.3. The molecular weight excluding hydrogens is 368 g/mol. The van der Waals surface area contributed by atoms with Gasteiger partial charge < -0.3 is 10.6 Å². The lowest BCUT2D eigenvalue weighted by Gasteiger charge is -2.08. The Morgan fingerprint density at radius 1 is 1.04 bits per heavy atom. The van der Waals surface area contributed by atoms with Gasteiger partial charge in [-0.3, -0.25) is 14.8 Å². The van der Waals surface area contributed by atoms with Crippen LogP contribution in [0.1, 0.15) is 16.1 Å². The number of carbonyl (C=O) groups is 1. The molecule has 0 bridgehead atoms. The molecule has 1 amide bonds. The number of nitrogens with zero attached hydrogens (tertiary/aromatic N) is 2. The van der Waals surface area contributed by atoms with Gasteiger partial charge in [0.15, 0.2) is 0 Å². The van der Waals surface area contributed by atoms with Crippen molar-refractivity contribution >= 4 is 33.2 Å². The van der Waals surface area contributed by atoms with Gasteiger partial charge in [0.1, 0.15) is 0 Å². The van der Waals surface area contributed by atoms with Crippen molar-refractivity contribution in [1.29, 1.82) is 0 Å². The first kappa shape index (κ1) is 16.1. The molecule has 0 aliphatic carbocycles. The Hall–Kier alpha value is -2.73. The second-order valence-electron chi connectivity index (χ2n) is 5.10. The summed E-state index contributed by atoms with van der Waals surface area (Å²) in [5, 5.41) is 6.06. The fourth-order valence-electron chi connectivity index (χ4n) is 2.09. The average molecular weight is 383 g/mol. The van der Waals surface area contributed by atoms with Crippen LogP contribution in [0.15, 0.2) is 71.6 Å². The van der Waals surface area contributed by atoms with Gasteiger partial charge >= 0.3 is 0 Å². The number of hydrogen-bond donors (Lipinski definition) is 2. The first-order valence-corrected chi connectivity index (χ1v) is 8.16. The van der Waals surface area contributed by atoms with Crippen molar-refractivity contribution in [3.63, 3.8) is 0 Å². The van der Waals surface area contributed by atoms with Gasteiger partial charge in [0.2, 0.25) is 0 Å². The molecule has 0 atom stereocenters. The van der Waals surface area contributed by atoms with Crippen molar-refractivity contribution in [2.45, 2.75) is 6.54 Å². The number of rotatable bonds is 5. The lowest BCUT2D eigenvalue weighted by molar-refractivity contribution is 0.102. The van der Waals surface area contributed by atoms with Gasteiger partial charge in [-0.2, -0.15) is 0 Å². The van der Waals surface area contributed by atoms with E-state index in [0.29, 0.717) is 12.1 Å². The molecule has 120 valence electrons. The minimum atomic E-state index is -0.202. The molecule has 0 fully saturated rings. The van der Waals surface area contributed by atoms with E-state index in [2.05, 4.69) is 36.5 Å². The summed E-state index contributed by atoms with van der Waals surface area (Å²) in [6.07, 6.45) is 4.97. The fourth-order valence-corrected chi connectivity index (χ4v) is 2.36. The minimum Gasteiger partial charge on any atom is -0.378 e. The topological polar surface area (TPSA) is 66.9 Å². The van der Waals surface area contributed by atoms with Crippen LogP contribution in [-0.2, 0) is 6.54 Å². The Morgan fingerprint density at radius 3 is 2.62 bits per heavy atom. The van der Waals surface area contributed by atoms with E-state index in [1.165, 1.54) is 0 Å². The van der Waals surface area contributed by atoms with Gasteiger partial charge in [-0.05, 0) is 42.5 Å². The van der Waals surface area contributed by atoms with E-state index >= 15 is 0 Å². The molecule has 0 aliphatic rings. The number of carbonyl (C=O) groups excluding carboxylic acids is 1. The number of anilines is 2. The Balaban J connectivity index is 1.65. The van der Waals surface area contributed by atoms with Crippen LogP contribution < -0.4 is 10.6 Å². The fraction of sp³-hybridized carbons (Fsp3) is 0.0556. The zero-order valence-corrected chi connectivity index (χ0v) is 14.3. The Bertz CT molecular complexity index is 822. The standard InChI is InChI=1S/C18H15BrN4O/c19-14-4-6-15(7-5-14)23-18(24)13-9-17(11-20-10-13)22-12-16-3-1-2-8-21-16/h1-11,22H,12H2,(H,23,24). The van der Waals surface area contributed by atoms with E-state index in [9.17, 15) is 4.79 Å². The number of benzene rings is 1. The van der Waals surface area contributed by atoms with E-state index in [4.69, 9.17) is 0 Å². The highest BCUT2D eigenvalue weighted by Crippen LogP contribution is 2.16. The predicted molar refractivity (Wildman–Crippen MR) is 97.9 cm³/mol. The molecule has 5 nitrogen and oxygen atoms in total. The lowest BCUT2D eigenvalue weighted by Crippen LogP contribution is -2.12. The molecule has 6 heteroatoms. The first-order chi connectivity index (χ1) is 11.7. The third kappa shape index (κ3) is 4.39. The minimum absolute atomic E-state index is 0.202. The number of nitrogens with one attached hydrogen (secondary N) is 2. The van der Waals surface area contributed by atoms with Crippen LogP contribution in [0.3, 0.4) is 0 Å². The van der Waals surface area contributed by atoms with E-state index in [1.54, 1.807) is 24.7 Å². The van der Waals surface area contributed by atoms with Crippen LogP contribution in [0.5, 0.6) is 0 Å². The molecule has 0 radical (unpaired) electrons. The number of pyridine rings is 2. The predicted octanol–water partition coefficient (Wildman–Crippen LogP) is 4.10. The summed E-state index contributed by atoms with van der Waals surface area (Å²) >= 11 is 3.37. The number of hydrogen-bond acceptors (Lipinski definition) is 4. The molecule has 1 aromatic carbocycles. The first-order valence-electron chi connectivity index (χ1n) is 7.36. The van der Waals surface area contributed by atoms with Crippen LogP contribution in [0, 0.1) is 0 Å². The van der Waals surface area contributed by atoms with Crippen LogP contribution >= 0.6 is 15.9 Å². The van der Waals surface area contributed by atoms with Gasteiger partial charge in [0.25, 0.3) is 5.91 Å². The summed E-state index contributed by atoms with van der Waals surface area (Å²) in [4.78, 5) is 20.7. The number of aromatic nitrogens is 2. The molecular formula is C18H15BrN4O. The van der Waals surface area contributed by atoms with Crippen molar-refractivity contribution in [2.75, 3.05) is 10.6 Å². The smallest absolute Gasteiger partial charge is 0.257 e. The van der Waals surface area contributed by atoms with E-state index in [0.717, 1.165) is 21.5 Å². The molecule has 24 heavy (non-hydrogen) atoms. The second-order valence-corrected chi connectivity index (χ2v) is 6.01. The van der Waals surface area contributed by atoms with Gasteiger partial charge in [0.05, 0.1) is 23.5 Å². The van der Waals surface area contributed by atoms with Crippen molar-refractivity contribution in [3.05, 3.63) is 82.9 Å². The maximum Gasteiger partial charge on any atom is 0.257 e. The third-order valence-corrected chi connectivity index (χ3v) is 3.83. The summed E-state index contributed by atoms with van der Waals surface area (Å²) in [5.41, 5.74) is 2.91. The third-order valence-electron chi connectivity index (χ3n) is 3.30. The van der Waals surface area contributed by atoms with Crippen LogP contribution in [0.4, 0.5) is 11.4 Å². The number of amides is 1. The normalized spacial score (nSPS) is 10.2. The highest BCUT2D eigenvalue weighted by Gasteiger charge is 2.07. The van der Waals surface area contributed by atoms with Gasteiger partial charge in [-0.25, -0.2) is 0 Å². The summed E-state index contributed by atoms with van der Waals surface area (Å²) in [5.74, 6) is -0.202. The monoisotopic (exact) mass is 382 g/mol. The van der Waals surface area contributed by atoms with Gasteiger partial charge in [0, 0.05) is 28.8 Å². The average Bonchev–Trinajstić information content (AvgIpc) is 2.63. The second kappa shape index (κ2) is 7.70. The van der Waals surface area contributed by atoms with Crippen LogP contribution in [-0.4, -0.2) is 15.9 Å². The largest absolute Gasteiger partial charge is 0.378 e. The SMILES string of the molecule is O=C(Nc1ccc(Br)cc1)c1cncc(NCc2ccccn2)c1. The molecule has 0 unspecified atom stereocenters. The zero-order chi connectivity index (χ0) is 16.8. The Labute approximate surface area is 148 Å². The van der Waals surface area contributed by atoms with Crippen molar-refractivity contribution < 1.29 is 4.79 Å². The molecule has 3 rings (SSSR count).